The van der Waals surface area contributed by atoms with Gasteiger partial charge < -0.3 is 15.2 Å². The Bertz CT molecular complexity index is 853. The van der Waals surface area contributed by atoms with Crippen LogP contribution in [0.5, 0.6) is 11.5 Å². The van der Waals surface area contributed by atoms with E-state index in [1.807, 2.05) is 0 Å². The number of phenolic OH excluding ortho intramolecular Hbond substituents is 1. The maximum Gasteiger partial charge on any atom is 0.255 e. The third kappa shape index (κ3) is 13.2. The van der Waals surface area contributed by atoms with Crippen molar-refractivity contribution < 1.29 is 14.6 Å². The average molecular weight is 516 g/mol. The van der Waals surface area contributed by atoms with Gasteiger partial charge in [-0.25, -0.2) is 0 Å². The molecule has 0 spiro atoms. The van der Waals surface area contributed by atoms with E-state index in [9.17, 15) is 9.90 Å². The molecule has 0 fully saturated rings. The molecule has 0 saturated carbocycles. The lowest BCUT2D eigenvalue weighted by Crippen LogP contribution is -2.11. The second kappa shape index (κ2) is 19.0. The van der Waals surface area contributed by atoms with Crippen LogP contribution in [0, 0.1) is 0 Å². The molecule has 0 aromatic heterocycles. The van der Waals surface area contributed by atoms with Crippen LogP contribution in [0.2, 0.25) is 5.02 Å². The molecule has 0 aliphatic rings. The molecule has 1 amide bonds. The van der Waals surface area contributed by atoms with Crippen LogP contribution in [0.3, 0.4) is 0 Å². The molecule has 0 unspecified atom stereocenters. The zero-order valence-corrected chi connectivity index (χ0v) is 23.0. The Morgan fingerprint density at radius 2 is 1.25 bits per heavy atom. The van der Waals surface area contributed by atoms with Gasteiger partial charge in [-0.1, -0.05) is 115 Å². The van der Waals surface area contributed by atoms with Crippen LogP contribution in [0.4, 0.5) is 5.69 Å². The lowest BCUT2D eigenvalue weighted by atomic mass is 10.0. The van der Waals surface area contributed by atoms with Crippen molar-refractivity contribution >= 4 is 23.2 Å². The zero-order valence-electron chi connectivity index (χ0n) is 22.2. The quantitative estimate of drug-likeness (QED) is 0.172. The number of phenols is 1. The Morgan fingerprint density at radius 1 is 0.750 bits per heavy atom. The largest absolute Gasteiger partial charge is 0.508 e. The summed E-state index contributed by atoms with van der Waals surface area (Å²) < 4.78 is 5.84. The van der Waals surface area contributed by atoms with E-state index in [0.29, 0.717) is 28.6 Å². The summed E-state index contributed by atoms with van der Waals surface area (Å²) in [6.07, 6.45) is 21.6. The van der Waals surface area contributed by atoms with E-state index in [4.69, 9.17) is 16.3 Å². The van der Waals surface area contributed by atoms with Crippen LogP contribution >= 0.6 is 11.6 Å². The summed E-state index contributed by atoms with van der Waals surface area (Å²) in [5.74, 6) is 0.508. The van der Waals surface area contributed by atoms with Crippen molar-refractivity contribution in [1.82, 2.24) is 0 Å². The molecule has 0 atom stereocenters. The number of hydrogen-bond acceptors (Lipinski definition) is 3. The van der Waals surface area contributed by atoms with Gasteiger partial charge in [0.05, 0.1) is 11.6 Å². The molecule has 5 heteroatoms. The predicted octanol–water partition coefficient (Wildman–Crippen LogP) is 9.94. The lowest BCUT2D eigenvalue weighted by Gasteiger charge is -2.11. The molecule has 0 aliphatic carbocycles. The normalized spacial score (nSPS) is 10.9. The fourth-order valence-corrected chi connectivity index (χ4v) is 4.58. The van der Waals surface area contributed by atoms with Gasteiger partial charge in [-0.15, -0.1) is 0 Å². The van der Waals surface area contributed by atoms with E-state index in [1.54, 1.807) is 30.3 Å². The number of amides is 1. The fraction of sp³-hybridized carbons (Fsp3) is 0.581. The molecule has 0 bridgehead atoms. The van der Waals surface area contributed by atoms with Gasteiger partial charge >= 0.3 is 0 Å². The van der Waals surface area contributed by atoms with Gasteiger partial charge in [0.2, 0.25) is 0 Å². The average Bonchev–Trinajstić information content (AvgIpc) is 2.87. The number of hydrogen-bond donors (Lipinski definition) is 2. The van der Waals surface area contributed by atoms with Gasteiger partial charge in [0.1, 0.15) is 11.5 Å². The minimum absolute atomic E-state index is 0.125. The number of rotatable bonds is 20. The summed E-state index contributed by atoms with van der Waals surface area (Å²) in [7, 11) is 0. The van der Waals surface area contributed by atoms with E-state index >= 15 is 0 Å². The number of halogens is 1. The fourth-order valence-electron chi connectivity index (χ4n) is 4.34. The Morgan fingerprint density at radius 3 is 1.75 bits per heavy atom. The van der Waals surface area contributed by atoms with E-state index in [-0.39, 0.29) is 11.7 Å². The van der Waals surface area contributed by atoms with Crippen LogP contribution in [0.1, 0.15) is 120 Å². The van der Waals surface area contributed by atoms with Gasteiger partial charge in [0, 0.05) is 11.3 Å². The van der Waals surface area contributed by atoms with Crippen molar-refractivity contribution in [2.24, 2.45) is 0 Å². The number of ether oxygens (including phenoxy) is 1. The molecule has 200 valence electrons. The van der Waals surface area contributed by atoms with Crippen LogP contribution in [0.15, 0.2) is 42.5 Å². The van der Waals surface area contributed by atoms with Crippen molar-refractivity contribution in [3.63, 3.8) is 0 Å². The number of aromatic hydroxyl groups is 1. The Balaban J connectivity index is 1.45. The lowest BCUT2D eigenvalue weighted by molar-refractivity contribution is 0.102. The van der Waals surface area contributed by atoms with Crippen molar-refractivity contribution in [2.45, 2.75) is 110 Å². The number of nitrogens with one attached hydrogen (secondary N) is 1. The second-order valence-electron chi connectivity index (χ2n) is 9.80. The van der Waals surface area contributed by atoms with Gasteiger partial charge in [-0.2, -0.15) is 0 Å². The smallest absolute Gasteiger partial charge is 0.255 e. The Kier molecular flexibility index (Phi) is 15.8. The summed E-state index contributed by atoms with van der Waals surface area (Å²) in [6.45, 7) is 2.93. The minimum Gasteiger partial charge on any atom is -0.508 e. The molecule has 0 saturated heterocycles. The molecule has 2 rings (SSSR count). The highest BCUT2D eigenvalue weighted by Crippen LogP contribution is 2.28. The molecule has 4 nitrogen and oxygen atoms in total. The summed E-state index contributed by atoms with van der Waals surface area (Å²) >= 11 is 6.35. The first-order chi connectivity index (χ1) is 17.6. The van der Waals surface area contributed by atoms with Crippen LogP contribution in [-0.2, 0) is 0 Å². The molecule has 2 N–H and O–H groups in total. The highest BCUT2D eigenvalue weighted by atomic mass is 35.5. The topological polar surface area (TPSA) is 58.6 Å². The molecular formula is C31H46ClNO3. The maximum absolute atomic E-state index is 12.3. The van der Waals surface area contributed by atoms with E-state index in [1.165, 1.54) is 108 Å². The highest BCUT2D eigenvalue weighted by molar-refractivity contribution is 6.32. The zero-order chi connectivity index (χ0) is 25.8. The molecule has 0 aliphatic heterocycles. The summed E-state index contributed by atoms with van der Waals surface area (Å²) in [5.41, 5.74) is 1.07. The summed E-state index contributed by atoms with van der Waals surface area (Å²) in [5, 5.41) is 12.6. The van der Waals surface area contributed by atoms with Gasteiger partial charge in [0.25, 0.3) is 5.91 Å². The van der Waals surface area contributed by atoms with E-state index < -0.39 is 0 Å². The van der Waals surface area contributed by atoms with E-state index in [2.05, 4.69) is 12.2 Å². The molecule has 2 aromatic rings. The number of carbonyl (C=O) groups is 1. The summed E-state index contributed by atoms with van der Waals surface area (Å²) in [6, 6.07) is 11.4. The third-order valence-electron chi connectivity index (χ3n) is 6.57. The first-order valence-electron chi connectivity index (χ1n) is 14.1. The standard InChI is InChI=1S/C31H46ClNO3/c1-2-3-4-5-6-7-8-9-10-11-12-13-14-15-16-17-24-36-30-23-20-27(25-29(30)32)33-31(35)26-18-21-28(34)22-19-26/h18-23,25,34H,2-17,24H2,1H3,(H,33,35). The van der Waals surface area contributed by atoms with Gasteiger partial charge in [0.15, 0.2) is 0 Å². The maximum atomic E-state index is 12.3. The van der Waals surface area contributed by atoms with Crippen molar-refractivity contribution in [3.05, 3.63) is 53.1 Å². The number of anilines is 1. The van der Waals surface area contributed by atoms with Crippen LogP contribution in [0.25, 0.3) is 0 Å². The number of carbonyl (C=O) groups excluding carboxylic acids is 1. The monoisotopic (exact) mass is 515 g/mol. The number of benzene rings is 2. The van der Waals surface area contributed by atoms with Gasteiger partial charge in [-0.05, 0) is 48.9 Å². The van der Waals surface area contributed by atoms with Crippen molar-refractivity contribution in [3.8, 4) is 11.5 Å². The first kappa shape index (κ1) is 30.0. The summed E-state index contributed by atoms with van der Waals surface area (Å²) in [4.78, 5) is 12.3. The third-order valence-corrected chi connectivity index (χ3v) is 6.87. The molecule has 0 heterocycles. The predicted molar refractivity (Wildman–Crippen MR) is 153 cm³/mol. The van der Waals surface area contributed by atoms with E-state index in [0.717, 1.165) is 6.42 Å². The minimum atomic E-state index is -0.257. The molecule has 0 radical (unpaired) electrons. The number of unbranched alkanes of at least 4 members (excludes halogenated alkanes) is 15. The molecule has 36 heavy (non-hydrogen) atoms. The van der Waals surface area contributed by atoms with Crippen LogP contribution < -0.4 is 10.1 Å². The van der Waals surface area contributed by atoms with Crippen molar-refractivity contribution in [2.75, 3.05) is 11.9 Å². The first-order valence-corrected chi connectivity index (χ1v) is 14.5. The Labute approximate surface area is 223 Å². The van der Waals surface area contributed by atoms with Gasteiger partial charge in [-0.3, -0.25) is 4.79 Å². The molecular weight excluding hydrogens is 470 g/mol. The SMILES string of the molecule is CCCCCCCCCCCCCCCCCCOc1ccc(NC(=O)c2ccc(O)cc2)cc1Cl. The Hall–Kier alpha value is -2.20. The molecule has 2 aromatic carbocycles. The highest BCUT2D eigenvalue weighted by Gasteiger charge is 2.09. The van der Waals surface area contributed by atoms with Crippen molar-refractivity contribution in [1.29, 1.82) is 0 Å². The van der Waals surface area contributed by atoms with Crippen LogP contribution in [-0.4, -0.2) is 17.6 Å². The second-order valence-corrected chi connectivity index (χ2v) is 10.2.